The van der Waals surface area contributed by atoms with E-state index in [0.29, 0.717) is 18.4 Å². The number of halogens is 3. The Morgan fingerprint density at radius 2 is 1.71 bits per heavy atom. The van der Waals surface area contributed by atoms with Gasteiger partial charge in [-0.2, -0.15) is 13.2 Å². The van der Waals surface area contributed by atoms with Crippen LogP contribution < -0.4 is 10.6 Å². The average Bonchev–Trinajstić information content (AvgIpc) is 2.20. The van der Waals surface area contributed by atoms with E-state index in [0.717, 1.165) is 0 Å². The van der Waals surface area contributed by atoms with Crippen molar-refractivity contribution in [3.63, 3.8) is 0 Å². The molecule has 0 aromatic carbocycles. The van der Waals surface area contributed by atoms with E-state index in [1.54, 1.807) is 6.92 Å². The highest BCUT2D eigenvalue weighted by molar-refractivity contribution is 5.81. The summed E-state index contributed by atoms with van der Waals surface area (Å²) in [6.07, 6.45) is -4.36. The molecule has 0 heterocycles. The van der Waals surface area contributed by atoms with Crippen molar-refractivity contribution in [3.05, 3.63) is 0 Å². The lowest BCUT2D eigenvalue weighted by Gasteiger charge is -2.20. The first-order valence-electron chi connectivity index (χ1n) is 5.71. The summed E-state index contributed by atoms with van der Waals surface area (Å²) in [6, 6.07) is -0.612. The van der Waals surface area contributed by atoms with Crippen LogP contribution in [0.2, 0.25) is 0 Å². The molecular weight excluding hydrogens is 233 g/mol. The van der Waals surface area contributed by atoms with Gasteiger partial charge in [0.15, 0.2) is 0 Å². The second-order valence-corrected chi connectivity index (χ2v) is 4.68. The Morgan fingerprint density at radius 3 is 2.12 bits per heavy atom. The van der Waals surface area contributed by atoms with Crippen molar-refractivity contribution in [2.24, 2.45) is 11.8 Å². The van der Waals surface area contributed by atoms with Gasteiger partial charge >= 0.3 is 6.18 Å². The molecule has 6 heteroatoms. The van der Waals surface area contributed by atoms with Crippen molar-refractivity contribution in [1.82, 2.24) is 10.6 Å². The fourth-order valence-corrected chi connectivity index (χ4v) is 1.03. The van der Waals surface area contributed by atoms with Crippen LogP contribution in [0.15, 0.2) is 0 Å². The molecule has 0 rings (SSSR count). The second kappa shape index (κ2) is 6.83. The first-order valence-corrected chi connectivity index (χ1v) is 5.71. The molecule has 0 aliphatic rings. The summed E-state index contributed by atoms with van der Waals surface area (Å²) in [5, 5.41) is 4.77. The summed E-state index contributed by atoms with van der Waals surface area (Å²) in [5.41, 5.74) is 0. The standard InChI is InChI=1S/C11H21F3N2O/c1-7(2)8(3)5-15-9(4)10(17)16-6-11(12,13)14/h7-9,15H,5-6H2,1-4H3,(H,16,17). The van der Waals surface area contributed by atoms with Crippen molar-refractivity contribution in [2.45, 2.75) is 39.9 Å². The van der Waals surface area contributed by atoms with E-state index in [9.17, 15) is 18.0 Å². The summed E-state index contributed by atoms with van der Waals surface area (Å²) in [7, 11) is 0. The van der Waals surface area contributed by atoms with Crippen LogP contribution in [-0.4, -0.2) is 31.2 Å². The first-order chi connectivity index (χ1) is 7.63. The molecule has 0 fully saturated rings. The van der Waals surface area contributed by atoms with E-state index in [4.69, 9.17) is 0 Å². The molecule has 2 atom stereocenters. The van der Waals surface area contributed by atoms with Crippen LogP contribution in [0.25, 0.3) is 0 Å². The van der Waals surface area contributed by atoms with Gasteiger partial charge in [0.05, 0.1) is 6.04 Å². The van der Waals surface area contributed by atoms with Crippen molar-refractivity contribution >= 4 is 5.91 Å². The zero-order valence-corrected chi connectivity index (χ0v) is 10.7. The Labute approximate surface area is 100 Å². The van der Waals surface area contributed by atoms with E-state index in [-0.39, 0.29) is 0 Å². The molecule has 0 bridgehead atoms. The summed E-state index contributed by atoms with van der Waals surface area (Å²) in [6.45, 7) is 7.02. The highest BCUT2D eigenvalue weighted by Crippen LogP contribution is 2.12. The molecule has 2 N–H and O–H groups in total. The average molecular weight is 254 g/mol. The minimum atomic E-state index is -4.36. The summed E-state index contributed by atoms with van der Waals surface area (Å²) in [4.78, 5) is 11.3. The topological polar surface area (TPSA) is 41.1 Å². The third-order valence-corrected chi connectivity index (χ3v) is 2.74. The van der Waals surface area contributed by atoms with E-state index in [2.05, 4.69) is 19.2 Å². The first kappa shape index (κ1) is 16.2. The molecule has 1 amide bonds. The van der Waals surface area contributed by atoms with Crippen LogP contribution in [0, 0.1) is 11.8 Å². The van der Waals surface area contributed by atoms with Gasteiger partial charge in [0.25, 0.3) is 0 Å². The predicted octanol–water partition coefficient (Wildman–Crippen LogP) is 1.94. The van der Waals surface area contributed by atoms with Gasteiger partial charge in [-0.25, -0.2) is 0 Å². The SMILES string of the molecule is CC(NCC(C)C(C)C)C(=O)NCC(F)(F)F. The fourth-order valence-electron chi connectivity index (χ4n) is 1.03. The zero-order chi connectivity index (χ0) is 13.6. The number of carbonyl (C=O) groups excluding carboxylic acids is 1. The summed E-state index contributed by atoms with van der Waals surface area (Å²) >= 11 is 0. The Morgan fingerprint density at radius 1 is 1.18 bits per heavy atom. The van der Waals surface area contributed by atoms with Crippen molar-refractivity contribution in [3.8, 4) is 0 Å². The Bertz CT molecular complexity index is 241. The Kier molecular flexibility index (Phi) is 6.52. The molecule has 17 heavy (non-hydrogen) atoms. The lowest BCUT2D eigenvalue weighted by atomic mass is 9.98. The highest BCUT2D eigenvalue weighted by Gasteiger charge is 2.28. The van der Waals surface area contributed by atoms with Gasteiger partial charge < -0.3 is 10.6 Å². The van der Waals surface area contributed by atoms with Crippen molar-refractivity contribution < 1.29 is 18.0 Å². The van der Waals surface area contributed by atoms with Gasteiger partial charge in [0.1, 0.15) is 6.54 Å². The Hall–Kier alpha value is -0.780. The molecule has 0 aliphatic heterocycles. The zero-order valence-electron chi connectivity index (χ0n) is 10.7. The third-order valence-electron chi connectivity index (χ3n) is 2.74. The van der Waals surface area contributed by atoms with E-state index < -0.39 is 24.7 Å². The lowest BCUT2D eigenvalue weighted by molar-refractivity contribution is -0.139. The number of hydrogen-bond donors (Lipinski definition) is 2. The van der Waals surface area contributed by atoms with E-state index in [1.807, 2.05) is 12.2 Å². The van der Waals surface area contributed by atoms with Crippen molar-refractivity contribution in [1.29, 1.82) is 0 Å². The fraction of sp³-hybridized carbons (Fsp3) is 0.909. The molecule has 0 radical (unpaired) electrons. The molecule has 0 aromatic heterocycles. The molecule has 0 spiro atoms. The van der Waals surface area contributed by atoms with Crippen LogP contribution in [0.3, 0.4) is 0 Å². The molecule has 0 saturated heterocycles. The second-order valence-electron chi connectivity index (χ2n) is 4.68. The minimum Gasteiger partial charge on any atom is -0.346 e. The van der Waals surface area contributed by atoms with E-state index in [1.165, 1.54) is 0 Å². The quantitative estimate of drug-likeness (QED) is 0.760. The molecule has 2 unspecified atom stereocenters. The normalized spacial score (nSPS) is 15.8. The molecule has 102 valence electrons. The summed E-state index contributed by atoms with van der Waals surface area (Å²) < 4.78 is 35.6. The molecule has 0 saturated carbocycles. The monoisotopic (exact) mass is 254 g/mol. The van der Waals surface area contributed by atoms with Crippen LogP contribution in [0.4, 0.5) is 13.2 Å². The van der Waals surface area contributed by atoms with Crippen molar-refractivity contribution in [2.75, 3.05) is 13.1 Å². The minimum absolute atomic E-state index is 0.368. The van der Waals surface area contributed by atoms with E-state index >= 15 is 0 Å². The van der Waals surface area contributed by atoms with Gasteiger partial charge in [-0.3, -0.25) is 4.79 Å². The molecule has 3 nitrogen and oxygen atoms in total. The van der Waals surface area contributed by atoms with Crippen LogP contribution in [0.1, 0.15) is 27.7 Å². The predicted molar refractivity (Wildman–Crippen MR) is 60.5 cm³/mol. The number of alkyl halides is 3. The number of nitrogens with one attached hydrogen (secondary N) is 2. The van der Waals surface area contributed by atoms with Gasteiger partial charge in [-0.05, 0) is 25.3 Å². The van der Waals surface area contributed by atoms with Gasteiger partial charge in [0, 0.05) is 0 Å². The largest absolute Gasteiger partial charge is 0.405 e. The molecular formula is C11H21F3N2O. The number of hydrogen-bond acceptors (Lipinski definition) is 2. The Balaban J connectivity index is 3.90. The molecule has 0 aromatic rings. The van der Waals surface area contributed by atoms with Gasteiger partial charge in [-0.1, -0.05) is 20.8 Å². The maximum absolute atomic E-state index is 11.9. The van der Waals surface area contributed by atoms with Crippen LogP contribution >= 0.6 is 0 Å². The third kappa shape index (κ3) is 8.01. The maximum atomic E-state index is 11.9. The number of amides is 1. The maximum Gasteiger partial charge on any atom is 0.405 e. The van der Waals surface area contributed by atoms with Gasteiger partial charge in [-0.15, -0.1) is 0 Å². The number of carbonyl (C=O) groups is 1. The smallest absolute Gasteiger partial charge is 0.346 e. The molecule has 0 aliphatic carbocycles. The summed E-state index contributed by atoms with van der Waals surface area (Å²) in [5.74, 6) is 0.207. The highest BCUT2D eigenvalue weighted by atomic mass is 19.4. The lowest BCUT2D eigenvalue weighted by Crippen LogP contribution is -2.46. The van der Waals surface area contributed by atoms with Crippen LogP contribution in [0.5, 0.6) is 0 Å². The van der Waals surface area contributed by atoms with Crippen LogP contribution in [-0.2, 0) is 4.79 Å². The number of rotatable bonds is 6. The van der Waals surface area contributed by atoms with Gasteiger partial charge in [0.2, 0.25) is 5.91 Å².